The van der Waals surface area contributed by atoms with E-state index in [2.05, 4.69) is 15.6 Å². The van der Waals surface area contributed by atoms with Gasteiger partial charge in [-0.3, -0.25) is 9.59 Å². The molecule has 0 saturated carbocycles. The number of thiazole rings is 1. The van der Waals surface area contributed by atoms with Crippen molar-refractivity contribution >= 4 is 68.7 Å². The first-order chi connectivity index (χ1) is 15.1. The van der Waals surface area contributed by atoms with E-state index in [0.29, 0.717) is 21.4 Å². The topological polar surface area (TPSA) is 71.1 Å². The fraction of sp³-hybridized carbons (Fsp3) is 0.0455. The number of hydrogen-bond donors (Lipinski definition) is 2. The molecule has 5 nitrogen and oxygen atoms in total. The van der Waals surface area contributed by atoms with Crippen molar-refractivity contribution in [3.8, 4) is 10.6 Å². The van der Waals surface area contributed by atoms with E-state index in [4.69, 9.17) is 11.6 Å². The van der Waals surface area contributed by atoms with Crippen LogP contribution in [0.4, 0.5) is 10.8 Å². The van der Waals surface area contributed by atoms with Crippen LogP contribution in [0.5, 0.6) is 0 Å². The van der Waals surface area contributed by atoms with E-state index in [9.17, 15) is 9.59 Å². The molecule has 0 spiro atoms. The maximum atomic E-state index is 12.4. The van der Waals surface area contributed by atoms with Gasteiger partial charge in [0.05, 0.1) is 16.3 Å². The maximum Gasteiger partial charge on any atom is 0.255 e. The molecule has 156 valence electrons. The van der Waals surface area contributed by atoms with E-state index in [1.165, 1.54) is 23.1 Å². The molecule has 0 atom stereocenters. The lowest BCUT2D eigenvalue weighted by Gasteiger charge is -2.08. The van der Waals surface area contributed by atoms with Gasteiger partial charge in [0.1, 0.15) is 0 Å². The first-order valence-electron chi connectivity index (χ1n) is 9.16. The number of rotatable bonds is 7. The second kappa shape index (κ2) is 10.1. The van der Waals surface area contributed by atoms with Crippen LogP contribution >= 0.6 is 46.0 Å². The van der Waals surface area contributed by atoms with E-state index in [1.54, 1.807) is 41.7 Å². The summed E-state index contributed by atoms with van der Waals surface area (Å²) < 4.78 is 0. The van der Waals surface area contributed by atoms with Gasteiger partial charge in [0.2, 0.25) is 5.91 Å². The van der Waals surface area contributed by atoms with Crippen molar-refractivity contribution in [3.05, 3.63) is 82.0 Å². The fourth-order valence-corrected chi connectivity index (χ4v) is 5.10. The van der Waals surface area contributed by atoms with Crippen LogP contribution in [-0.2, 0) is 4.79 Å². The van der Waals surface area contributed by atoms with Gasteiger partial charge in [-0.1, -0.05) is 29.8 Å². The van der Waals surface area contributed by atoms with Crippen LogP contribution in [0.15, 0.2) is 76.3 Å². The van der Waals surface area contributed by atoms with E-state index in [0.717, 1.165) is 15.5 Å². The standard InChI is InChI=1S/C22H16ClN3O2S3/c23-15-5-1-4-14(10-15)21(28)24-16-6-2-7-17(11-16)30-13-20(27)26-22-25-18(12-31-22)19-8-3-9-29-19/h1-12H,13H2,(H,24,28)(H,25,26,27). The minimum atomic E-state index is -0.243. The zero-order chi connectivity index (χ0) is 21.6. The molecule has 0 fully saturated rings. The van der Waals surface area contributed by atoms with Gasteiger partial charge in [-0.25, -0.2) is 4.98 Å². The van der Waals surface area contributed by atoms with Crippen LogP contribution in [0.3, 0.4) is 0 Å². The molecule has 2 aromatic carbocycles. The molecule has 2 heterocycles. The highest BCUT2D eigenvalue weighted by Gasteiger charge is 2.10. The lowest BCUT2D eigenvalue weighted by atomic mass is 10.2. The Labute approximate surface area is 196 Å². The summed E-state index contributed by atoms with van der Waals surface area (Å²) in [6.45, 7) is 0. The molecule has 0 aliphatic heterocycles. The molecule has 0 aliphatic carbocycles. The number of benzene rings is 2. The number of carbonyl (C=O) groups excluding carboxylic acids is 2. The third kappa shape index (κ3) is 5.95. The average Bonchev–Trinajstić information content (AvgIpc) is 3.44. The lowest BCUT2D eigenvalue weighted by Crippen LogP contribution is -2.14. The molecular formula is C22H16ClN3O2S3. The van der Waals surface area contributed by atoms with Gasteiger partial charge in [0.25, 0.3) is 5.91 Å². The number of thioether (sulfide) groups is 1. The Hall–Kier alpha value is -2.65. The minimum Gasteiger partial charge on any atom is -0.322 e. The lowest BCUT2D eigenvalue weighted by molar-refractivity contribution is -0.113. The minimum absolute atomic E-state index is 0.134. The number of nitrogens with one attached hydrogen (secondary N) is 2. The number of thiophene rings is 1. The van der Waals surface area contributed by atoms with Crippen molar-refractivity contribution in [2.24, 2.45) is 0 Å². The summed E-state index contributed by atoms with van der Waals surface area (Å²) in [5, 5.41) is 10.7. The first-order valence-corrected chi connectivity index (χ1v) is 12.3. The maximum absolute atomic E-state index is 12.4. The monoisotopic (exact) mass is 485 g/mol. The number of nitrogens with zero attached hydrogens (tertiary/aromatic N) is 1. The van der Waals surface area contributed by atoms with Crippen molar-refractivity contribution in [1.82, 2.24) is 4.98 Å². The molecule has 31 heavy (non-hydrogen) atoms. The fourth-order valence-electron chi connectivity index (χ4n) is 2.67. The summed E-state index contributed by atoms with van der Waals surface area (Å²) in [5.41, 5.74) is 2.00. The zero-order valence-electron chi connectivity index (χ0n) is 16.0. The second-order valence-electron chi connectivity index (χ2n) is 6.34. The van der Waals surface area contributed by atoms with Crippen LogP contribution in [0.2, 0.25) is 5.02 Å². The van der Waals surface area contributed by atoms with E-state index in [1.807, 2.05) is 41.1 Å². The number of anilines is 2. The van der Waals surface area contributed by atoms with E-state index < -0.39 is 0 Å². The molecule has 0 bridgehead atoms. The van der Waals surface area contributed by atoms with E-state index in [-0.39, 0.29) is 17.6 Å². The Morgan fingerprint density at radius 3 is 2.68 bits per heavy atom. The van der Waals surface area contributed by atoms with Gasteiger partial charge in [-0.2, -0.15) is 0 Å². The molecule has 4 aromatic rings. The summed E-state index contributed by atoms with van der Waals surface area (Å²) >= 11 is 10.3. The molecular weight excluding hydrogens is 470 g/mol. The van der Waals surface area contributed by atoms with Crippen molar-refractivity contribution in [2.45, 2.75) is 4.90 Å². The largest absolute Gasteiger partial charge is 0.322 e. The van der Waals surface area contributed by atoms with Crippen LogP contribution < -0.4 is 10.6 Å². The van der Waals surface area contributed by atoms with Crippen molar-refractivity contribution in [3.63, 3.8) is 0 Å². The van der Waals surface area contributed by atoms with Crippen LogP contribution in [0, 0.1) is 0 Å². The van der Waals surface area contributed by atoms with Crippen LogP contribution in [-0.4, -0.2) is 22.6 Å². The number of aromatic nitrogens is 1. The van der Waals surface area contributed by atoms with Gasteiger partial charge in [0, 0.05) is 26.5 Å². The van der Waals surface area contributed by atoms with Gasteiger partial charge < -0.3 is 10.6 Å². The molecule has 0 saturated heterocycles. The number of amides is 2. The van der Waals surface area contributed by atoms with Crippen LogP contribution in [0.1, 0.15) is 10.4 Å². The normalized spacial score (nSPS) is 10.6. The SMILES string of the molecule is O=C(CSc1cccc(NC(=O)c2cccc(Cl)c2)c1)Nc1nc(-c2cccs2)cs1. The van der Waals surface area contributed by atoms with Gasteiger partial charge in [-0.15, -0.1) is 34.4 Å². The molecule has 0 aliphatic rings. The van der Waals surface area contributed by atoms with Crippen molar-refractivity contribution in [1.29, 1.82) is 0 Å². The summed E-state index contributed by atoms with van der Waals surface area (Å²) in [6.07, 6.45) is 0. The Bertz CT molecular complexity index is 1210. The molecule has 2 amide bonds. The highest BCUT2D eigenvalue weighted by Crippen LogP contribution is 2.28. The first kappa shape index (κ1) is 21.6. The Morgan fingerprint density at radius 1 is 1.00 bits per heavy atom. The quantitative estimate of drug-likeness (QED) is 0.293. The summed E-state index contributed by atoms with van der Waals surface area (Å²) in [4.78, 5) is 31.1. The van der Waals surface area contributed by atoms with Crippen molar-refractivity contribution < 1.29 is 9.59 Å². The average molecular weight is 486 g/mol. The van der Waals surface area contributed by atoms with E-state index >= 15 is 0 Å². The van der Waals surface area contributed by atoms with Gasteiger partial charge in [-0.05, 0) is 47.8 Å². The molecule has 0 radical (unpaired) electrons. The third-order valence-electron chi connectivity index (χ3n) is 4.07. The third-order valence-corrected chi connectivity index (χ3v) is 6.95. The van der Waals surface area contributed by atoms with Gasteiger partial charge >= 0.3 is 0 Å². The second-order valence-corrected chi connectivity index (χ2v) is 9.64. The summed E-state index contributed by atoms with van der Waals surface area (Å²) in [7, 11) is 0. The molecule has 4 rings (SSSR count). The summed E-state index contributed by atoms with van der Waals surface area (Å²) in [6, 6.07) is 18.1. The Balaban J connectivity index is 1.31. The Morgan fingerprint density at radius 2 is 1.87 bits per heavy atom. The molecule has 9 heteroatoms. The Kier molecular flexibility index (Phi) is 7.03. The number of halogens is 1. The zero-order valence-corrected chi connectivity index (χ0v) is 19.2. The molecule has 0 unspecified atom stereocenters. The number of carbonyl (C=O) groups is 2. The highest BCUT2D eigenvalue weighted by atomic mass is 35.5. The highest BCUT2D eigenvalue weighted by molar-refractivity contribution is 8.00. The number of hydrogen-bond acceptors (Lipinski definition) is 6. The molecule has 2 aromatic heterocycles. The van der Waals surface area contributed by atoms with Crippen LogP contribution in [0.25, 0.3) is 10.6 Å². The summed E-state index contributed by atoms with van der Waals surface area (Å²) in [5.74, 6) is -0.141. The van der Waals surface area contributed by atoms with Crippen molar-refractivity contribution in [2.75, 3.05) is 16.4 Å². The predicted octanol–water partition coefficient (Wildman–Crippen LogP) is 6.51. The smallest absolute Gasteiger partial charge is 0.255 e. The van der Waals surface area contributed by atoms with Gasteiger partial charge in [0.15, 0.2) is 5.13 Å². The predicted molar refractivity (Wildman–Crippen MR) is 131 cm³/mol. The molecule has 2 N–H and O–H groups in total.